The van der Waals surface area contributed by atoms with Crippen LogP contribution in [0.15, 0.2) is 65.7 Å². The number of nitrogens with one attached hydrogen (secondary N) is 2. The molecular weight excluding hydrogens is 372 g/mol. The van der Waals surface area contributed by atoms with Gasteiger partial charge in [0.2, 0.25) is 11.8 Å². The number of rotatable bonds is 6. The molecular formula is C21H20N4O4. The predicted octanol–water partition coefficient (Wildman–Crippen LogP) is 2.52. The third kappa shape index (κ3) is 5.07. The summed E-state index contributed by atoms with van der Waals surface area (Å²) in [6.07, 6.45) is 1.33. The molecule has 29 heavy (non-hydrogen) atoms. The van der Waals surface area contributed by atoms with Crippen LogP contribution in [0.25, 0.3) is 11.3 Å². The van der Waals surface area contributed by atoms with E-state index in [9.17, 15) is 14.4 Å². The number of hydrogen-bond acceptors (Lipinski definition) is 5. The monoisotopic (exact) mass is 392 g/mol. The summed E-state index contributed by atoms with van der Waals surface area (Å²) in [4.78, 5) is 40.2. The zero-order chi connectivity index (χ0) is 20.8. The van der Waals surface area contributed by atoms with E-state index < -0.39 is 0 Å². The second-order valence-corrected chi connectivity index (χ2v) is 6.25. The molecule has 2 amide bonds. The maximum atomic E-state index is 12.4. The first kappa shape index (κ1) is 19.8. The standard InChI is InChI=1S/C21H20N4O4/c1-14(26)23-15-6-5-7-16(10-15)24-20(27)12-25-13-22-18(11-21(25)28)17-8-3-4-9-19(17)29-2/h3-11,13H,12H2,1-2H3,(H,23,26)(H,24,27). The molecule has 8 heteroatoms. The summed E-state index contributed by atoms with van der Waals surface area (Å²) in [5, 5.41) is 5.34. The summed E-state index contributed by atoms with van der Waals surface area (Å²) in [6, 6.07) is 15.3. The highest BCUT2D eigenvalue weighted by Gasteiger charge is 2.10. The number of amides is 2. The molecule has 3 aromatic rings. The molecule has 148 valence electrons. The van der Waals surface area contributed by atoms with Gasteiger partial charge in [0.1, 0.15) is 12.3 Å². The number of benzene rings is 2. The van der Waals surface area contributed by atoms with Crippen molar-refractivity contribution in [3.63, 3.8) is 0 Å². The lowest BCUT2D eigenvalue weighted by atomic mass is 10.1. The minimum absolute atomic E-state index is 0.192. The lowest BCUT2D eigenvalue weighted by Crippen LogP contribution is -2.27. The van der Waals surface area contributed by atoms with Crippen LogP contribution in [-0.4, -0.2) is 28.5 Å². The van der Waals surface area contributed by atoms with Crippen LogP contribution in [0, 0.1) is 0 Å². The van der Waals surface area contributed by atoms with Crippen molar-refractivity contribution in [1.82, 2.24) is 9.55 Å². The molecule has 0 unspecified atom stereocenters. The van der Waals surface area contributed by atoms with E-state index in [1.165, 1.54) is 23.9 Å². The fraction of sp³-hybridized carbons (Fsp3) is 0.143. The van der Waals surface area contributed by atoms with Crippen molar-refractivity contribution in [2.45, 2.75) is 13.5 Å². The van der Waals surface area contributed by atoms with Crippen molar-refractivity contribution in [2.75, 3.05) is 17.7 Å². The Morgan fingerprint density at radius 2 is 1.76 bits per heavy atom. The van der Waals surface area contributed by atoms with Gasteiger partial charge in [-0.1, -0.05) is 18.2 Å². The molecule has 2 N–H and O–H groups in total. The first-order chi connectivity index (χ1) is 14.0. The molecule has 0 saturated heterocycles. The van der Waals surface area contributed by atoms with Crippen LogP contribution in [0.1, 0.15) is 6.92 Å². The van der Waals surface area contributed by atoms with E-state index in [-0.39, 0.29) is 23.9 Å². The molecule has 3 rings (SSSR count). The van der Waals surface area contributed by atoms with Gasteiger partial charge in [-0.3, -0.25) is 19.0 Å². The summed E-state index contributed by atoms with van der Waals surface area (Å²) in [6.45, 7) is 1.21. The molecule has 0 saturated carbocycles. The molecule has 0 aliphatic heterocycles. The van der Waals surface area contributed by atoms with Crippen molar-refractivity contribution >= 4 is 23.2 Å². The Hall–Kier alpha value is -3.94. The van der Waals surface area contributed by atoms with E-state index >= 15 is 0 Å². The Bertz CT molecular complexity index is 1110. The number of para-hydroxylation sites is 1. The van der Waals surface area contributed by atoms with Crippen LogP contribution in [-0.2, 0) is 16.1 Å². The third-order valence-electron chi connectivity index (χ3n) is 4.04. The van der Waals surface area contributed by atoms with Crippen LogP contribution in [0.2, 0.25) is 0 Å². The van der Waals surface area contributed by atoms with E-state index in [2.05, 4.69) is 15.6 Å². The van der Waals surface area contributed by atoms with Gasteiger partial charge in [-0.25, -0.2) is 4.98 Å². The molecule has 0 bridgehead atoms. The van der Waals surface area contributed by atoms with E-state index in [1.807, 2.05) is 12.1 Å². The van der Waals surface area contributed by atoms with Gasteiger partial charge < -0.3 is 15.4 Å². The zero-order valence-electron chi connectivity index (χ0n) is 16.0. The summed E-state index contributed by atoms with van der Waals surface area (Å²) in [7, 11) is 1.55. The first-order valence-corrected chi connectivity index (χ1v) is 8.83. The number of ether oxygens (including phenoxy) is 1. The number of methoxy groups -OCH3 is 1. The number of carbonyl (C=O) groups excluding carboxylic acids is 2. The molecule has 0 radical (unpaired) electrons. The highest BCUT2D eigenvalue weighted by molar-refractivity contribution is 5.93. The number of anilines is 2. The summed E-state index contributed by atoms with van der Waals surface area (Å²) in [5.41, 5.74) is 1.87. The topological polar surface area (TPSA) is 102 Å². The van der Waals surface area contributed by atoms with Gasteiger partial charge in [0.25, 0.3) is 5.56 Å². The number of carbonyl (C=O) groups is 2. The van der Waals surface area contributed by atoms with E-state index in [4.69, 9.17) is 4.74 Å². The number of nitrogens with zero attached hydrogens (tertiary/aromatic N) is 2. The van der Waals surface area contributed by atoms with Crippen molar-refractivity contribution in [1.29, 1.82) is 0 Å². The van der Waals surface area contributed by atoms with Crippen molar-refractivity contribution in [2.24, 2.45) is 0 Å². The summed E-state index contributed by atoms with van der Waals surface area (Å²) >= 11 is 0. The Morgan fingerprint density at radius 3 is 2.45 bits per heavy atom. The molecule has 8 nitrogen and oxygen atoms in total. The number of aromatic nitrogens is 2. The quantitative estimate of drug-likeness (QED) is 0.671. The van der Waals surface area contributed by atoms with Crippen molar-refractivity contribution in [3.8, 4) is 17.0 Å². The van der Waals surface area contributed by atoms with Gasteiger partial charge in [0.15, 0.2) is 0 Å². The van der Waals surface area contributed by atoms with Gasteiger partial charge in [-0.2, -0.15) is 0 Å². The Balaban J connectivity index is 1.73. The molecule has 0 aliphatic rings. The second kappa shape index (κ2) is 8.83. The van der Waals surface area contributed by atoms with E-state index in [1.54, 1.807) is 43.5 Å². The second-order valence-electron chi connectivity index (χ2n) is 6.25. The molecule has 0 atom stereocenters. The van der Waals surface area contributed by atoms with Gasteiger partial charge in [-0.05, 0) is 30.3 Å². The smallest absolute Gasteiger partial charge is 0.254 e. The van der Waals surface area contributed by atoms with Crippen LogP contribution in [0.3, 0.4) is 0 Å². The third-order valence-corrected chi connectivity index (χ3v) is 4.04. The van der Waals surface area contributed by atoms with E-state index in [0.717, 1.165) is 0 Å². The average Bonchev–Trinajstić information content (AvgIpc) is 2.69. The van der Waals surface area contributed by atoms with Crippen molar-refractivity contribution in [3.05, 3.63) is 71.3 Å². The fourth-order valence-corrected chi connectivity index (χ4v) is 2.78. The molecule has 1 heterocycles. The molecule has 0 fully saturated rings. The maximum absolute atomic E-state index is 12.4. The van der Waals surface area contributed by atoms with Crippen molar-refractivity contribution < 1.29 is 14.3 Å². The van der Waals surface area contributed by atoms with Gasteiger partial charge >= 0.3 is 0 Å². The molecule has 0 aliphatic carbocycles. The normalized spacial score (nSPS) is 10.3. The highest BCUT2D eigenvalue weighted by atomic mass is 16.5. The summed E-state index contributed by atoms with van der Waals surface area (Å²) < 4.78 is 6.51. The molecule has 0 spiro atoms. The van der Waals surface area contributed by atoms with Crippen LogP contribution in [0.5, 0.6) is 5.75 Å². The van der Waals surface area contributed by atoms with Crippen LogP contribution >= 0.6 is 0 Å². The fourth-order valence-electron chi connectivity index (χ4n) is 2.78. The zero-order valence-corrected chi connectivity index (χ0v) is 16.0. The van der Waals surface area contributed by atoms with Gasteiger partial charge in [0, 0.05) is 29.9 Å². The molecule has 1 aromatic heterocycles. The predicted molar refractivity (Wildman–Crippen MR) is 110 cm³/mol. The largest absolute Gasteiger partial charge is 0.496 e. The average molecular weight is 392 g/mol. The van der Waals surface area contributed by atoms with Crippen LogP contribution < -0.4 is 20.9 Å². The Labute approximate surface area is 167 Å². The Kier molecular flexibility index (Phi) is 6.03. The van der Waals surface area contributed by atoms with Crippen LogP contribution in [0.4, 0.5) is 11.4 Å². The van der Waals surface area contributed by atoms with Gasteiger partial charge in [-0.15, -0.1) is 0 Å². The lowest BCUT2D eigenvalue weighted by Gasteiger charge is -2.10. The first-order valence-electron chi connectivity index (χ1n) is 8.83. The molecule has 2 aromatic carbocycles. The minimum atomic E-state index is -0.390. The highest BCUT2D eigenvalue weighted by Crippen LogP contribution is 2.26. The lowest BCUT2D eigenvalue weighted by molar-refractivity contribution is -0.117. The minimum Gasteiger partial charge on any atom is -0.496 e. The number of hydrogen-bond donors (Lipinski definition) is 2. The van der Waals surface area contributed by atoms with Gasteiger partial charge in [0.05, 0.1) is 19.1 Å². The Morgan fingerprint density at radius 1 is 1.03 bits per heavy atom. The SMILES string of the molecule is COc1ccccc1-c1cc(=O)n(CC(=O)Nc2cccc(NC(C)=O)c2)cn1. The summed E-state index contributed by atoms with van der Waals surface area (Å²) in [5.74, 6) is 0.00843. The van der Waals surface area contributed by atoms with E-state index in [0.29, 0.717) is 28.4 Å². The maximum Gasteiger partial charge on any atom is 0.254 e.